The Morgan fingerprint density at radius 2 is 2.20 bits per heavy atom. The molecule has 60 valence electrons. The second-order valence-corrected chi connectivity index (χ2v) is 2.52. The Balaban J connectivity index is 2.02. The van der Waals surface area contributed by atoms with Gasteiger partial charge in [0.1, 0.15) is 0 Å². The molecule has 0 atom stereocenters. The SMILES string of the molecule is COCNC1CCOCC1. The molecule has 3 heteroatoms. The average molecular weight is 145 g/mol. The Morgan fingerprint density at radius 3 is 2.80 bits per heavy atom. The van der Waals surface area contributed by atoms with Crippen LogP contribution in [-0.2, 0) is 9.47 Å². The lowest BCUT2D eigenvalue weighted by molar-refractivity contribution is 0.0642. The maximum atomic E-state index is 5.20. The number of hydrogen-bond acceptors (Lipinski definition) is 3. The minimum atomic E-state index is 0.605. The van der Waals surface area contributed by atoms with Gasteiger partial charge in [0.15, 0.2) is 0 Å². The summed E-state index contributed by atoms with van der Waals surface area (Å²) in [5.41, 5.74) is 0. The van der Waals surface area contributed by atoms with Crippen LogP contribution in [0.3, 0.4) is 0 Å². The second kappa shape index (κ2) is 4.66. The van der Waals surface area contributed by atoms with E-state index in [1.807, 2.05) is 0 Å². The van der Waals surface area contributed by atoms with Crippen molar-refractivity contribution < 1.29 is 9.47 Å². The van der Waals surface area contributed by atoms with Crippen LogP contribution in [0, 0.1) is 0 Å². The van der Waals surface area contributed by atoms with E-state index in [1.165, 1.54) is 0 Å². The van der Waals surface area contributed by atoms with Gasteiger partial charge in [-0.05, 0) is 12.8 Å². The van der Waals surface area contributed by atoms with E-state index in [1.54, 1.807) is 7.11 Å². The number of hydrogen-bond donors (Lipinski definition) is 1. The topological polar surface area (TPSA) is 30.5 Å². The Labute approximate surface area is 61.7 Å². The van der Waals surface area contributed by atoms with Gasteiger partial charge in [0.2, 0.25) is 0 Å². The highest BCUT2D eigenvalue weighted by atomic mass is 16.5. The lowest BCUT2D eigenvalue weighted by Crippen LogP contribution is -2.35. The molecule has 1 aliphatic rings. The Morgan fingerprint density at radius 1 is 1.50 bits per heavy atom. The third-order valence-corrected chi connectivity index (χ3v) is 1.74. The molecule has 1 heterocycles. The lowest BCUT2D eigenvalue weighted by atomic mass is 10.1. The first-order valence-electron chi connectivity index (χ1n) is 3.73. The summed E-state index contributed by atoms with van der Waals surface area (Å²) in [6.07, 6.45) is 2.23. The van der Waals surface area contributed by atoms with Gasteiger partial charge in [-0.3, -0.25) is 5.32 Å². The molecular formula is C7H15NO2. The summed E-state index contributed by atoms with van der Waals surface area (Å²) in [4.78, 5) is 0. The number of rotatable bonds is 3. The van der Waals surface area contributed by atoms with Crippen LogP contribution < -0.4 is 5.32 Å². The summed E-state index contributed by atoms with van der Waals surface area (Å²) < 4.78 is 10.1. The van der Waals surface area contributed by atoms with Crippen LogP contribution in [0.15, 0.2) is 0 Å². The van der Waals surface area contributed by atoms with Gasteiger partial charge < -0.3 is 9.47 Å². The van der Waals surface area contributed by atoms with Crippen molar-refractivity contribution >= 4 is 0 Å². The van der Waals surface area contributed by atoms with Crippen LogP contribution in [0.2, 0.25) is 0 Å². The molecule has 0 aliphatic carbocycles. The summed E-state index contributed by atoms with van der Waals surface area (Å²) in [5.74, 6) is 0. The minimum absolute atomic E-state index is 0.605. The Bertz CT molecular complexity index is 81.7. The van der Waals surface area contributed by atoms with Crippen molar-refractivity contribution in [2.75, 3.05) is 27.1 Å². The summed E-state index contributed by atoms with van der Waals surface area (Å²) in [6.45, 7) is 2.44. The summed E-state index contributed by atoms with van der Waals surface area (Å²) in [6, 6.07) is 0.605. The zero-order chi connectivity index (χ0) is 7.23. The van der Waals surface area contributed by atoms with Gasteiger partial charge in [0, 0.05) is 26.4 Å². The van der Waals surface area contributed by atoms with Crippen molar-refractivity contribution in [2.45, 2.75) is 18.9 Å². The normalized spacial score (nSPS) is 21.3. The van der Waals surface area contributed by atoms with Crippen LogP contribution >= 0.6 is 0 Å². The van der Waals surface area contributed by atoms with Gasteiger partial charge in [-0.15, -0.1) is 0 Å². The van der Waals surface area contributed by atoms with E-state index < -0.39 is 0 Å². The number of methoxy groups -OCH3 is 1. The van der Waals surface area contributed by atoms with Crippen LogP contribution in [0.1, 0.15) is 12.8 Å². The van der Waals surface area contributed by atoms with Gasteiger partial charge in [0.05, 0.1) is 6.73 Å². The molecule has 0 amide bonds. The molecule has 1 aliphatic heterocycles. The molecule has 0 aromatic carbocycles. The standard InChI is InChI=1S/C7H15NO2/c1-9-6-8-7-2-4-10-5-3-7/h7-8H,2-6H2,1H3. The van der Waals surface area contributed by atoms with E-state index in [4.69, 9.17) is 9.47 Å². The molecule has 0 saturated carbocycles. The fourth-order valence-corrected chi connectivity index (χ4v) is 1.10. The van der Waals surface area contributed by atoms with Gasteiger partial charge in [0.25, 0.3) is 0 Å². The van der Waals surface area contributed by atoms with Gasteiger partial charge in [-0.2, -0.15) is 0 Å². The highest BCUT2D eigenvalue weighted by Gasteiger charge is 2.11. The first-order chi connectivity index (χ1) is 4.93. The molecule has 0 radical (unpaired) electrons. The van der Waals surface area contributed by atoms with Crippen LogP contribution in [0.25, 0.3) is 0 Å². The molecule has 0 bridgehead atoms. The Hall–Kier alpha value is -0.120. The van der Waals surface area contributed by atoms with Crippen molar-refractivity contribution in [1.29, 1.82) is 0 Å². The van der Waals surface area contributed by atoms with Gasteiger partial charge >= 0.3 is 0 Å². The maximum absolute atomic E-state index is 5.20. The van der Waals surface area contributed by atoms with Crippen LogP contribution in [0.4, 0.5) is 0 Å². The van der Waals surface area contributed by atoms with Crippen molar-refractivity contribution in [1.82, 2.24) is 5.32 Å². The van der Waals surface area contributed by atoms with E-state index in [0.717, 1.165) is 26.1 Å². The van der Waals surface area contributed by atoms with Crippen LogP contribution in [0.5, 0.6) is 0 Å². The maximum Gasteiger partial charge on any atom is 0.0963 e. The quantitative estimate of drug-likeness (QED) is 0.582. The van der Waals surface area contributed by atoms with E-state index in [9.17, 15) is 0 Å². The Kier molecular flexibility index (Phi) is 3.72. The molecule has 1 rings (SSSR count). The molecule has 1 fully saturated rings. The van der Waals surface area contributed by atoms with E-state index in [0.29, 0.717) is 12.8 Å². The van der Waals surface area contributed by atoms with E-state index in [-0.39, 0.29) is 0 Å². The highest BCUT2D eigenvalue weighted by Crippen LogP contribution is 2.05. The fraction of sp³-hybridized carbons (Fsp3) is 1.00. The van der Waals surface area contributed by atoms with Gasteiger partial charge in [-0.1, -0.05) is 0 Å². The lowest BCUT2D eigenvalue weighted by Gasteiger charge is -2.22. The second-order valence-electron chi connectivity index (χ2n) is 2.52. The van der Waals surface area contributed by atoms with Crippen LogP contribution in [-0.4, -0.2) is 33.1 Å². The van der Waals surface area contributed by atoms with Crippen molar-refractivity contribution in [3.05, 3.63) is 0 Å². The molecule has 0 aromatic rings. The largest absolute Gasteiger partial charge is 0.381 e. The van der Waals surface area contributed by atoms with Gasteiger partial charge in [-0.25, -0.2) is 0 Å². The minimum Gasteiger partial charge on any atom is -0.381 e. The predicted octanol–water partition coefficient (Wildman–Crippen LogP) is 0.359. The zero-order valence-corrected chi connectivity index (χ0v) is 6.43. The molecule has 3 nitrogen and oxygen atoms in total. The summed E-state index contributed by atoms with van der Waals surface area (Å²) in [7, 11) is 1.70. The summed E-state index contributed by atoms with van der Waals surface area (Å²) >= 11 is 0. The van der Waals surface area contributed by atoms with Crippen molar-refractivity contribution in [3.63, 3.8) is 0 Å². The third-order valence-electron chi connectivity index (χ3n) is 1.74. The molecule has 1 saturated heterocycles. The molecule has 0 aromatic heterocycles. The molecule has 0 unspecified atom stereocenters. The predicted molar refractivity (Wildman–Crippen MR) is 38.9 cm³/mol. The molecule has 0 spiro atoms. The molecule has 1 N–H and O–H groups in total. The van der Waals surface area contributed by atoms with Crippen molar-refractivity contribution in [3.8, 4) is 0 Å². The van der Waals surface area contributed by atoms with E-state index >= 15 is 0 Å². The smallest absolute Gasteiger partial charge is 0.0963 e. The van der Waals surface area contributed by atoms with E-state index in [2.05, 4.69) is 5.32 Å². The number of ether oxygens (including phenoxy) is 2. The third kappa shape index (κ3) is 2.64. The molecular weight excluding hydrogens is 130 g/mol. The van der Waals surface area contributed by atoms with Crippen molar-refractivity contribution in [2.24, 2.45) is 0 Å². The molecule has 10 heavy (non-hydrogen) atoms. The fourth-order valence-electron chi connectivity index (χ4n) is 1.10. The summed E-state index contributed by atoms with van der Waals surface area (Å²) in [5, 5.41) is 3.27. The number of nitrogens with one attached hydrogen (secondary N) is 1. The first-order valence-corrected chi connectivity index (χ1v) is 3.73. The zero-order valence-electron chi connectivity index (χ0n) is 6.43. The highest BCUT2D eigenvalue weighted by molar-refractivity contribution is 4.67. The average Bonchev–Trinajstić information content (AvgIpc) is 2.03. The monoisotopic (exact) mass is 145 g/mol. The first kappa shape index (κ1) is 7.98.